The number of anilines is 1. The first-order valence-electron chi connectivity index (χ1n) is 6.12. The van der Waals surface area contributed by atoms with Crippen molar-refractivity contribution in [2.45, 2.75) is 0 Å². The molecule has 0 radical (unpaired) electrons. The SMILES string of the molecule is CNc1ccc(-c2nccc(-c3ccc[nH]3)n2)cc1. The smallest absolute Gasteiger partial charge is 0.159 e. The van der Waals surface area contributed by atoms with Gasteiger partial charge in [-0.15, -0.1) is 0 Å². The Balaban J connectivity index is 1.98. The van der Waals surface area contributed by atoms with Crippen LogP contribution in [0.25, 0.3) is 22.8 Å². The van der Waals surface area contributed by atoms with Gasteiger partial charge in [0.05, 0.1) is 11.4 Å². The fourth-order valence-electron chi connectivity index (χ4n) is 1.92. The third kappa shape index (κ3) is 2.33. The van der Waals surface area contributed by atoms with E-state index < -0.39 is 0 Å². The molecule has 0 spiro atoms. The van der Waals surface area contributed by atoms with Gasteiger partial charge >= 0.3 is 0 Å². The van der Waals surface area contributed by atoms with Crippen molar-refractivity contribution in [3.8, 4) is 22.8 Å². The third-order valence-corrected chi connectivity index (χ3v) is 2.96. The zero-order chi connectivity index (χ0) is 13.1. The van der Waals surface area contributed by atoms with Crippen LogP contribution in [-0.4, -0.2) is 22.0 Å². The monoisotopic (exact) mass is 250 g/mol. The molecule has 2 N–H and O–H groups in total. The maximum Gasteiger partial charge on any atom is 0.159 e. The zero-order valence-electron chi connectivity index (χ0n) is 10.6. The van der Waals surface area contributed by atoms with Crippen molar-refractivity contribution in [1.82, 2.24) is 15.0 Å². The minimum atomic E-state index is 0.731. The van der Waals surface area contributed by atoms with Gasteiger partial charge in [0.25, 0.3) is 0 Å². The van der Waals surface area contributed by atoms with Gasteiger partial charge in [-0.3, -0.25) is 0 Å². The van der Waals surface area contributed by atoms with Crippen molar-refractivity contribution >= 4 is 5.69 Å². The molecule has 0 saturated heterocycles. The van der Waals surface area contributed by atoms with Crippen molar-refractivity contribution in [2.75, 3.05) is 12.4 Å². The first-order valence-corrected chi connectivity index (χ1v) is 6.12. The molecule has 3 rings (SSSR count). The summed E-state index contributed by atoms with van der Waals surface area (Å²) in [5.41, 5.74) is 3.97. The molecular weight excluding hydrogens is 236 g/mol. The molecule has 0 aliphatic carbocycles. The predicted molar refractivity (Wildman–Crippen MR) is 76.8 cm³/mol. The summed E-state index contributed by atoms with van der Waals surface area (Å²) < 4.78 is 0. The highest BCUT2D eigenvalue weighted by atomic mass is 14.9. The van der Waals surface area contributed by atoms with E-state index in [1.54, 1.807) is 6.20 Å². The highest BCUT2D eigenvalue weighted by Gasteiger charge is 2.04. The van der Waals surface area contributed by atoms with Crippen LogP contribution in [0.4, 0.5) is 5.69 Å². The lowest BCUT2D eigenvalue weighted by molar-refractivity contribution is 1.17. The van der Waals surface area contributed by atoms with E-state index in [0.717, 1.165) is 28.5 Å². The van der Waals surface area contributed by atoms with Gasteiger partial charge in [-0.25, -0.2) is 9.97 Å². The normalized spacial score (nSPS) is 10.4. The Morgan fingerprint density at radius 3 is 2.58 bits per heavy atom. The van der Waals surface area contributed by atoms with E-state index in [-0.39, 0.29) is 0 Å². The van der Waals surface area contributed by atoms with Gasteiger partial charge < -0.3 is 10.3 Å². The number of nitrogens with zero attached hydrogens (tertiary/aromatic N) is 2. The topological polar surface area (TPSA) is 53.6 Å². The highest BCUT2D eigenvalue weighted by molar-refractivity contribution is 5.63. The Hall–Kier alpha value is -2.62. The van der Waals surface area contributed by atoms with Gasteiger partial charge in [0.1, 0.15) is 0 Å². The van der Waals surface area contributed by atoms with Crippen LogP contribution in [0.3, 0.4) is 0 Å². The summed E-state index contributed by atoms with van der Waals surface area (Å²) in [6, 6.07) is 13.9. The second-order valence-electron chi connectivity index (χ2n) is 4.18. The number of aromatic nitrogens is 3. The van der Waals surface area contributed by atoms with E-state index in [2.05, 4.69) is 20.3 Å². The lowest BCUT2D eigenvalue weighted by Gasteiger charge is -2.04. The van der Waals surface area contributed by atoms with Gasteiger partial charge in [-0.1, -0.05) is 0 Å². The fourth-order valence-corrected chi connectivity index (χ4v) is 1.92. The molecule has 0 amide bonds. The largest absolute Gasteiger partial charge is 0.388 e. The lowest BCUT2D eigenvalue weighted by Crippen LogP contribution is -1.92. The second-order valence-corrected chi connectivity index (χ2v) is 4.18. The van der Waals surface area contributed by atoms with Gasteiger partial charge in [0.2, 0.25) is 0 Å². The maximum absolute atomic E-state index is 4.58. The van der Waals surface area contributed by atoms with Crippen LogP contribution < -0.4 is 5.32 Å². The molecule has 4 heteroatoms. The molecule has 0 unspecified atom stereocenters. The summed E-state index contributed by atoms with van der Waals surface area (Å²) in [5, 5.41) is 3.09. The predicted octanol–water partition coefficient (Wildman–Crippen LogP) is 3.18. The van der Waals surface area contributed by atoms with E-state index in [4.69, 9.17) is 0 Å². The third-order valence-electron chi connectivity index (χ3n) is 2.96. The van der Waals surface area contributed by atoms with E-state index in [9.17, 15) is 0 Å². The molecule has 0 atom stereocenters. The quantitative estimate of drug-likeness (QED) is 0.750. The van der Waals surface area contributed by atoms with E-state index >= 15 is 0 Å². The summed E-state index contributed by atoms with van der Waals surface area (Å²) >= 11 is 0. The number of hydrogen-bond donors (Lipinski definition) is 2. The summed E-state index contributed by atoms with van der Waals surface area (Å²) in [5.74, 6) is 0.731. The first kappa shape index (κ1) is 11.5. The van der Waals surface area contributed by atoms with E-state index in [1.807, 2.05) is 55.7 Å². The minimum Gasteiger partial charge on any atom is -0.388 e. The van der Waals surface area contributed by atoms with Gasteiger partial charge in [0.15, 0.2) is 5.82 Å². The molecule has 1 aromatic carbocycles. The summed E-state index contributed by atoms with van der Waals surface area (Å²) in [6.07, 6.45) is 3.67. The van der Waals surface area contributed by atoms with E-state index in [0.29, 0.717) is 0 Å². The molecule has 3 aromatic rings. The number of hydrogen-bond acceptors (Lipinski definition) is 3. The average molecular weight is 250 g/mol. The second kappa shape index (κ2) is 4.94. The van der Waals surface area contributed by atoms with Crippen molar-refractivity contribution in [1.29, 1.82) is 0 Å². The number of nitrogens with one attached hydrogen (secondary N) is 2. The van der Waals surface area contributed by atoms with Crippen LogP contribution in [0.15, 0.2) is 54.9 Å². The van der Waals surface area contributed by atoms with Crippen LogP contribution in [0.1, 0.15) is 0 Å². The number of benzene rings is 1. The molecule has 0 aliphatic heterocycles. The highest BCUT2D eigenvalue weighted by Crippen LogP contribution is 2.20. The number of H-pyrrole nitrogens is 1. The Labute approximate surface area is 111 Å². The first-order chi connectivity index (χ1) is 9.36. The van der Waals surface area contributed by atoms with Gasteiger partial charge in [0, 0.05) is 30.7 Å². The molecule has 0 fully saturated rings. The lowest BCUT2D eigenvalue weighted by atomic mass is 10.2. The molecular formula is C15H14N4. The van der Waals surface area contributed by atoms with Crippen molar-refractivity contribution in [2.24, 2.45) is 0 Å². The van der Waals surface area contributed by atoms with Crippen molar-refractivity contribution in [3.63, 3.8) is 0 Å². The fraction of sp³-hybridized carbons (Fsp3) is 0.0667. The zero-order valence-corrected chi connectivity index (χ0v) is 10.6. The minimum absolute atomic E-state index is 0.731. The Bertz CT molecular complexity index is 657. The Kier molecular flexibility index (Phi) is 2.98. The Morgan fingerprint density at radius 2 is 1.89 bits per heavy atom. The van der Waals surface area contributed by atoms with Crippen LogP contribution in [0.5, 0.6) is 0 Å². The molecule has 0 bridgehead atoms. The van der Waals surface area contributed by atoms with Gasteiger partial charge in [-0.05, 0) is 42.5 Å². The molecule has 2 aromatic heterocycles. The molecule has 0 saturated carbocycles. The van der Waals surface area contributed by atoms with Gasteiger partial charge in [-0.2, -0.15) is 0 Å². The van der Waals surface area contributed by atoms with Crippen LogP contribution >= 0.6 is 0 Å². The number of rotatable bonds is 3. The average Bonchev–Trinajstić information content (AvgIpc) is 3.02. The molecule has 2 heterocycles. The molecule has 4 nitrogen and oxygen atoms in total. The summed E-state index contributed by atoms with van der Waals surface area (Å²) in [4.78, 5) is 12.1. The Morgan fingerprint density at radius 1 is 1.05 bits per heavy atom. The maximum atomic E-state index is 4.58. The van der Waals surface area contributed by atoms with Crippen LogP contribution in [0.2, 0.25) is 0 Å². The number of aromatic amines is 1. The molecule has 94 valence electrons. The van der Waals surface area contributed by atoms with Crippen molar-refractivity contribution in [3.05, 3.63) is 54.9 Å². The van der Waals surface area contributed by atoms with Crippen LogP contribution in [0, 0.1) is 0 Å². The molecule has 19 heavy (non-hydrogen) atoms. The molecule has 0 aliphatic rings. The van der Waals surface area contributed by atoms with Crippen molar-refractivity contribution < 1.29 is 0 Å². The van der Waals surface area contributed by atoms with E-state index in [1.165, 1.54) is 0 Å². The standard InChI is InChI=1S/C15H14N4/c1-16-12-6-4-11(5-7-12)15-18-10-8-14(19-15)13-3-2-9-17-13/h2-10,16-17H,1H3. The summed E-state index contributed by atoms with van der Waals surface area (Å²) in [7, 11) is 1.90. The van der Waals surface area contributed by atoms with Crippen LogP contribution in [-0.2, 0) is 0 Å². The summed E-state index contributed by atoms with van der Waals surface area (Å²) in [6.45, 7) is 0.